The highest BCUT2D eigenvalue weighted by atomic mass is 32.2. The van der Waals surface area contributed by atoms with Gasteiger partial charge in [0.25, 0.3) is 0 Å². The predicted octanol–water partition coefficient (Wildman–Crippen LogP) is 4.51. The quantitative estimate of drug-likeness (QED) is 0.633. The van der Waals surface area contributed by atoms with Crippen molar-refractivity contribution in [2.45, 2.75) is 45.4 Å². The number of piperidine rings is 1. The molecule has 0 aliphatic carbocycles. The molecule has 1 aromatic heterocycles. The zero-order valence-corrected chi connectivity index (χ0v) is 19.8. The van der Waals surface area contributed by atoms with E-state index in [4.69, 9.17) is 0 Å². The first-order chi connectivity index (χ1) is 15.2. The molecule has 6 nitrogen and oxygen atoms in total. The Balaban J connectivity index is 1.46. The molecule has 0 spiro atoms. The number of pyridine rings is 1. The molecule has 168 valence electrons. The fourth-order valence-corrected chi connectivity index (χ4v) is 6.48. The monoisotopic (exact) mass is 451 g/mol. The summed E-state index contributed by atoms with van der Waals surface area (Å²) in [5.74, 6) is -0.313. The molecular weight excluding hydrogens is 422 g/mol. The van der Waals surface area contributed by atoms with Crippen molar-refractivity contribution in [2.75, 3.05) is 18.4 Å². The summed E-state index contributed by atoms with van der Waals surface area (Å²) in [5, 5.41) is 3.92. The third-order valence-electron chi connectivity index (χ3n) is 6.58. The Bertz CT molecular complexity index is 1270. The first kappa shape index (κ1) is 22.4. The smallest absolute Gasteiger partial charge is 0.243 e. The highest BCUT2D eigenvalue weighted by Crippen LogP contribution is 2.31. The number of benzene rings is 2. The van der Waals surface area contributed by atoms with E-state index in [1.807, 2.05) is 64.1 Å². The lowest BCUT2D eigenvalue weighted by Gasteiger charge is -2.31. The Morgan fingerprint density at radius 2 is 1.62 bits per heavy atom. The lowest BCUT2D eigenvalue weighted by Crippen LogP contribution is -2.41. The van der Waals surface area contributed by atoms with Crippen molar-refractivity contribution in [1.82, 2.24) is 9.29 Å². The molecule has 1 fully saturated rings. The van der Waals surface area contributed by atoms with Gasteiger partial charge in [0.05, 0.1) is 22.3 Å². The summed E-state index contributed by atoms with van der Waals surface area (Å²) in [4.78, 5) is 17.6. The predicted molar refractivity (Wildman–Crippen MR) is 127 cm³/mol. The average molecular weight is 452 g/mol. The van der Waals surface area contributed by atoms with E-state index in [1.54, 1.807) is 6.20 Å². The summed E-state index contributed by atoms with van der Waals surface area (Å²) in [5.41, 5.74) is 5.09. The second kappa shape index (κ2) is 8.64. The standard InChI is InChI=1S/C25H29N3O3S/c1-16-13-17(2)19(4)24(18(16)3)32(30,31)28-11-9-20(10-12-28)25(29)27-22-14-21-7-5-6-8-23(21)26-15-22/h5-8,13-15,20H,9-12H2,1-4H3,(H,27,29). The number of carbonyl (C=O) groups is 1. The Kier molecular flexibility index (Phi) is 6.05. The number of hydrogen-bond acceptors (Lipinski definition) is 4. The molecule has 1 N–H and O–H groups in total. The van der Waals surface area contributed by atoms with Crippen LogP contribution in [-0.2, 0) is 14.8 Å². The third kappa shape index (κ3) is 4.14. The van der Waals surface area contributed by atoms with Crippen LogP contribution in [0.15, 0.2) is 47.5 Å². The third-order valence-corrected chi connectivity index (χ3v) is 8.75. The van der Waals surface area contributed by atoms with E-state index in [2.05, 4.69) is 10.3 Å². The number of aryl methyl sites for hydroxylation is 2. The maximum Gasteiger partial charge on any atom is 0.243 e. The van der Waals surface area contributed by atoms with Gasteiger partial charge < -0.3 is 5.32 Å². The Morgan fingerprint density at radius 1 is 1.00 bits per heavy atom. The molecule has 1 saturated heterocycles. The summed E-state index contributed by atoms with van der Waals surface area (Å²) in [6, 6.07) is 11.7. The van der Waals surface area contributed by atoms with Crippen molar-refractivity contribution < 1.29 is 13.2 Å². The Morgan fingerprint density at radius 3 is 2.28 bits per heavy atom. The number of para-hydroxylation sites is 1. The van der Waals surface area contributed by atoms with Gasteiger partial charge >= 0.3 is 0 Å². The van der Waals surface area contributed by atoms with E-state index in [-0.39, 0.29) is 11.8 Å². The van der Waals surface area contributed by atoms with Crippen molar-refractivity contribution in [3.63, 3.8) is 0 Å². The van der Waals surface area contributed by atoms with Gasteiger partial charge in [-0.3, -0.25) is 9.78 Å². The molecule has 0 saturated carbocycles. The van der Waals surface area contributed by atoms with Gasteiger partial charge in [-0.15, -0.1) is 0 Å². The summed E-state index contributed by atoms with van der Waals surface area (Å²) in [6.07, 6.45) is 2.65. The van der Waals surface area contributed by atoms with Crippen LogP contribution in [0.4, 0.5) is 5.69 Å². The van der Waals surface area contributed by atoms with E-state index < -0.39 is 10.0 Å². The minimum Gasteiger partial charge on any atom is -0.324 e. The maximum absolute atomic E-state index is 13.4. The Labute approximate surface area is 189 Å². The van der Waals surface area contributed by atoms with Crippen LogP contribution in [0.5, 0.6) is 0 Å². The molecule has 2 heterocycles. The van der Waals surface area contributed by atoms with E-state index in [0.717, 1.165) is 33.2 Å². The number of carbonyl (C=O) groups excluding carboxylic acids is 1. The second-order valence-electron chi connectivity index (χ2n) is 8.67. The summed E-state index contributed by atoms with van der Waals surface area (Å²) in [6.45, 7) is 8.29. The number of fused-ring (bicyclic) bond motifs is 1. The fraction of sp³-hybridized carbons (Fsp3) is 0.360. The molecule has 4 rings (SSSR count). The minimum atomic E-state index is -3.61. The number of nitrogens with zero attached hydrogens (tertiary/aromatic N) is 2. The van der Waals surface area contributed by atoms with Crippen molar-refractivity contribution in [3.05, 3.63) is 64.8 Å². The van der Waals surface area contributed by atoms with Crippen molar-refractivity contribution >= 4 is 32.5 Å². The molecule has 1 amide bonds. The molecule has 2 aromatic carbocycles. The van der Waals surface area contributed by atoms with Gasteiger partial charge in [-0.2, -0.15) is 4.31 Å². The van der Waals surface area contributed by atoms with E-state index >= 15 is 0 Å². The molecule has 1 aliphatic rings. The van der Waals surface area contributed by atoms with Gasteiger partial charge in [0.15, 0.2) is 0 Å². The summed E-state index contributed by atoms with van der Waals surface area (Å²) in [7, 11) is -3.61. The molecule has 0 unspecified atom stereocenters. The van der Waals surface area contributed by atoms with Gasteiger partial charge in [-0.1, -0.05) is 24.3 Å². The van der Waals surface area contributed by atoms with Gasteiger partial charge in [-0.05, 0) is 74.9 Å². The minimum absolute atomic E-state index is 0.0853. The highest BCUT2D eigenvalue weighted by molar-refractivity contribution is 7.89. The van der Waals surface area contributed by atoms with Crippen molar-refractivity contribution in [1.29, 1.82) is 0 Å². The van der Waals surface area contributed by atoms with Crippen LogP contribution in [0.3, 0.4) is 0 Å². The maximum atomic E-state index is 13.4. The van der Waals surface area contributed by atoms with Gasteiger partial charge in [-0.25, -0.2) is 8.42 Å². The molecule has 1 aliphatic heterocycles. The largest absolute Gasteiger partial charge is 0.324 e. The van der Waals surface area contributed by atoms with Gasteiger partial charge in [0.1, 0.15) is 0 Å². The van der Waals surface area contributed by atoms with Crippen LogP contribution in [0.25, 0.3) is 10.9 Å². The Hall–Kier alpha value is -2.77. The molecule has 7 heteroatoms. The second-order valence-corrected chi connectivity index (χ2v) is 10.5. The van der Waals surface area contributed by atoms with E-state index in [9.17, 15) is 13.2 Å². The number of amides is 1. The number of nitrogens with one attached hydrogen (secondary N) is 1. The van der Waals surface area contributed by atoms with Crippen molar-refractivity contribution in [2.24, 2.45) is 5.92 Å². The van der Waals surface area contributed by atoms with Crippen molar-refractivity contribution in [3.8, 4) is 0 Å². The van der Waals surface area contributed by atoms with E-state index in [1.165, 1.54) is 4.31 Å². The fourth-order valence-electron chi connectivity index (χ4n) is 4.44. The highest BCUT2D eigenvalue weighted by Gasteiger charge is 2.34. The first-order valence-electron chi connectivity index (χ1n) is 10.9. The molecule has 0 atom stereocenters. The zero-order chi connectivity index (χ0) is 23.0. The number of sulfonamides is 1. The molecule has 32 heavy (non-hydrogen) atoms. The van der Waals surface area contributed by atoms with Crippen LogP contribution >= 0.6 is 0 Å². The summed E-state index contributed by atoms with van der Waals surface area (Å²) < 4.78 is 28.4. The van der Waals surface area contributed by atoms with Crippen LogP contribution in [0, 0.1) is 33.6 Å². The molecule has 3 aromatic rings. The number of anilines is 1. The molecule has 0 bridgehead atoms. The SMILES string of the molecule is Cc1cc(C)c(C)c(S(=O)(=O)N2CCC(C(=O)Nc3cnc4ccccc4c3)CC2)c1C. The van der Waals surface area contributed by atoms with E-state index in [0.29, 0.717) is 36.5 Å². The van der Waals surface area contributed by atoms with Gasteiger partial charge in [0, 0.05) is 24.4 Å². The normalized spacial score (nSPS) is 15.8. The topological polar surface area (TPSA) is 79.4 Å². The molecule has 0 radical (unpaired) electrons. The van der Waals surface area contributed by atoms with Crippen LogP contribution in [0.2, 0.25) is 0 Å². The number of aromatic nitrogens is 1. The first-order valence-corrected chi connectivity index (χ1v) is 12.4. The van der Waals surface area contributed by atoms with Crippen LogP contribution < -0.4 is 5.32 Å². The molecular formula is C25H29N3O3S. The lowest BCUT2D eigenvalue weighted by atomic mass is 9.97. The zero-order valence-electron chi connectivity index (χ0n) is 19.0. The number of rotatable bonds is 4. The van der Waals surface area contributed by atoms with Crippen LogP contribution in [0.1, 0.15) is 35.1 Å². The lowest BCUT2D eigenvalue weighted by molar-refractivity contribution is -0.120. The van der Waals surface area contributed by atoms with Gasteiger partial charge in [0.2, 0.25) is 15.9 Å². The summed E-state index contributed by atoms with van der Waals surface area (Å²) >= 11 is 0. The number of hydrogen-bond donors (Lipinski definition) is 1. The average Bonchev–Trinajstić information content (AvgIpc) is 2.78. The van der Waals surface area contributed by atoms with Crippen LogP contribution in [-0.4, -0.2) is 36.7 Å².